The van der Waals surface area contributed by atoms with Gasteiger partial charge in [-0.25, -0.2) is 0 Å². The molecule has 1 N–H and O–H groups in total. The molecule has 0 spiro atoms. The van der Waals surface area contributed by atoms with Gasteiger partial charge in [0.15, 0.2) is 0 Å². The van der Waals surface area contributed by atoms with Crippen molar-refractivity contribution < 1.29 is 0 Å². The molecule has 0 radical (unpaired) electrons. The summed E-state index contributed by atoms with van der Waals surface area (Å²) in [4.78, 5) is 4.68. The Kier molecular flexibility index (Phi) is 3.62. The van der Waals surface area contributed by atoms with E-state index in [9.17, 15) is 0 Å². The molecule has 0 bridgehead atoms. The van der Waals surface area contributed by atoms with Gasteiger partial charge in [0.25, 0.3) is 0 Å². The van der Waals surface area contributed by atoms with E-state index < -0.39 is 0 Å². The van der Waals surface area contributed by atoms with Crippen LogP contribution in [0, 0.1) is 5.92 Å². The third kappa shape index (κ3) is 2.63. The number of anilines is 1. The van der Waals surface area contributed by atoms with Gasteiger partial charge in [0.2, 0.25) is 0 Å². The smallest absolute Gasteiger partial charge is 0.116 e. The molecule has 0 saturated carbocycles. The van der Waals surface area contributed by atoms with E-state index in [4.69, 9.17) is 0 Å². The normalized spacial score (nSPS) is 17.3. The van der Waals surface area contributed by atoms with Crippen LogP contribution in [0.4, 0.5) is 5.82 Å². The molecule has 3 nitrogen and oxygen atoms in total. The molecule has 1 aromatic heterocycles. The van der Waals surface area contributed by atoms with Crippen molar-refractivity contribution in [2.24, 2.45) is 10.9 Å². The SMILES string of the molecule is CC1CNc2c(C=NCc3ccccc3)c3ccccc3n2C1. The molecular weight excluding hydrogens is 282 g/mol. The van der Waals surface area contributed by atoms with Crippen LogP contribution in [0.15, 0.2) is 59.6 Å². The summed E-state index contributed by atoms with van der Waals surface area (Å²) >= 11 is 0. The van der Waals surface area contributed by atoms with E-state index in [0.717, 1.165) is 19.6 Å². The Morgan fingerprint density at radius 2 is 1.91 bits per heavy atom. The molecule has 23 heavy (non-hydrogen) atoms. The second-order valence-electron chi connectivity index (χ2n) is 6.33. The van der Waals surface area contributed by atoms with Crippen molar-refractivity contribution in [3.63, 3.8) is 0 Å². The first-order valence-electron chi connectivity index (χ1n) is 8.22. The predicted molar refractivity (Wildman–Crippen MR) is 97.3 cm³/mol. The van der Waals surface area contributed by atoms with Crippen LogP contribution in [0.3, 0.4) is 0 Å². The monoisotopic (exact) mass is 303 g/mol. The molecule has 1 aliphatic heterocycles. The van der Waals surface area contributed by atoms with Crippen molar-refractivity contribution in [1.82, 2.24) is 4.57 Å². The molecule has 3 aromatic rings. The number of aliphatic imine (C=N–C) groups is 1. The van der Waals surface area contributed by atoms with Crippen molar-refractivity contribution in [2.75, 3.05) is 11.9 Å². The van der Waals surface area contributed by atoms with Crippen LogP contribution in [0.5, 0.6) is 0 Å². The number of benzene rings is 2. The van der Waals surface area contributed by atoms with Gasteiger partial charge in [-0.3, -0.25) is 4.99 Å². The van der Waals surface area contributed by atoms with Crippen LogP contribution in [-0.2, 0) is 13.1 Å². The van der Waals surface area contributed by atoms with Crippen molar-refractivity contribution in [3.05, 3.63) is 65.7 Å². The molecule has 0 aliphatic carbocycles. The number of para-hydroxylation sites is 1. The minimum Gasteiger partial charge on any atom is -0.371 e. The first-order valence-corrected chi connectivity index (χ1v) is 8.22. The minimum atomic E-state index is 0.646. The number of rotatable bonds is 3. The molecule has 2 aromatic carbocycles. The van der Waals surface area contributed by atoms with Crippen LogP contribution in [0.1, 0.15) is 18.1 Å². The lowest BCUT2D eigenvalue weighted by atomic mass is 10.1. The van der Waals surface area contributed by atoms with Gasteiger partial charge < -0.3 is 9.88 Å². The third-order valence-electron chi connectivity index (χ3n) is 4.46. The molecule has 1 unspecified atom stereocenters. The minimum absolute atomic E-state index is 0.646. The van der Waals surface area contributed by atoms with E-state index in [1.165, 1.54) is 27.8 Å². The van der Waals surface area contributed by atoms with Crippen LogP contribution >= 0.6 is 0 Å². The Balaban J connectivity index is 1.72. The summed E-state index contributed by atoms with van der Waals surface area (Å²) in [5, 5.41) is 4.87. The van der Waals surface area contributed by atoms with Gasteiger partial charge in [-0.1, -0.05) is 55.5 Å². The van der Waals surface area contributed by atoms with Crippen molar-refractivity contribution in [3.8, 4) is 0 Å². The van der Waals surface area contributed by atoms with Crippen LogP contribution in [-0.4, -0.2) is 17.3 Å². The lowest BCUT2D eigenvalue weighted by molar-refractivity contribution is 0.489. The van der Waals surface area contributed by atoms with Gasteiger partial charge in [-0.15, -0.1) is 0 Å². The van der Waals surface area contributed by atoms with Crippen LogP contribution < -0.4 is 5.32 Å². The molecule has 116 valence electrons. The zero-order valence-electron chi connectivity index (χ0n) is 13.4. The van der Waals surface area contributed by atoms with E-state index in [2.05, 4.69) is 70.3 Å². The largest absolute Gasteiger partial charge is 0.371 e. The topological polar surface area (TPSA) is 29.3 Å². The second kappa shape index (κ2) is 5.92. The molecular formula is C20H21N3. The second-order valence-corrected chi connectivity index (χ2v) is 6.33. The van der Waals surface area contributed by atoms with Gasteiger partial charge in [-0.2, -0.15) is 0 Å². The molecule has 0 fully saturated rings. The zero-order valence-corrected chi connectivity index (χ0v) is 13.4. The lowest BCUT2D eigenvalue weighted by Crippen LogP contribution is -2.25. The van der Waals surface area contributed by atoms with Gasteiger partial charge in [0.05, 0.1) is 12.1 Å². The van der Waals surface area contributed by atoms with Gasteiger partial charge in [0.1, 0.15) is 5.82 Å². The Labute approximate surface area is 136 Å². The van der Waals surface area contributed by atoms with E-state index in [1.54, 1.807) is 0 Å². The van der Waals surface area contributed by atoms with Crippen LogP contribution in [0.25, 0.3) is 10.9 Å². The van der Waals surface area contributed by atoms with E-state index in [-0.39, 0.29) is 0 Å². The quantitative estimate of drug-likeness (QED) is 0.717. The fourth-order valence-electron chi connectivity index (χ4n) is 3.31. The van der Waals surface area contributed by atoms with Crippen LogP contribution in [0.2, 0.25) is 0 Å². The molecule has 1 aliphatic rings. The maximum absolute atomic E-state index is 4.68. The highest BCUT2D eigenvalue weighted by atomic mass is 15.1. The molecule has 0 amide bonds. The van der Waals surface area contributed by atoms with E-state index >= 15 is 0 Å². The highest BCUT2D eigenvalue weighted by Gasteiger charge is 2.21. The maximum Gasteiger partial charge on any atom is 0.116 e. The number of nitrogens with zero attached hydrogens (tertiary/aromatic N) is 2. The number of hydrogen-bond acceptors (Lipinski definition) is 2. The lowest BCUT2D eigenvalue weighted by Gasteiger charge is -2.24. The Morgan fingerprint density at radius 3 is 2.78 bits per heavy atom. The average molecular weight is 303 g/mol. The summed E-state index contributed by atoms with van der Waals surface area (Å²) in [7, 11) is 0. The Bertz CT molecular complexity index is 846. The van der Waals surface area contributed by atoms with Gasteiger partial charge in [0, 0.05) is 30.3 Å². The first-order chi connectivity index (χ1) is 11.3. The Morgan fingerprint density at radius 1 is 1.13 bits per heavy atom. The summed E-state index contributed by atoms with van der Waals surface area (Å²) in [5.74, 6) is 1.86. The summed E-state index contributed by atoms with van der Waals surface area (Å²) in [6, 6.07) is 19.0. The maximum atomic E-state index is 4.68. The fraction of sp³-hybridized carbons (Fsp3) is 0.250. The molecule has 2 heterocycles. The standard InChI is InChI=1S/C20H21N3/c1-15-11-22-20-18(13-21-12-16-7-3-2-4-8-16)17-9-5-6-10-19(17)23(20)14-15/h2-10,13,15,22H,11-12,14H2,1H3. The number of fused-ring (bicyclic) bond motifs is 3. The number of hydrogen-bond donors (Lipinski definition) is 1. The summed E-state index contributed by atoms with van der Waals surface area (Å²) in [6.07, 6.45) is 2.03. The molecule has 4 rings (SSSR count). The molecule has 3 heteroatoms. The molecule has 0 saturated heterocycles. The van der Waals surface area contributed by atoms with Crippen molar-refractivity contribution in [1.29, 1.82) is 0 Å². The predicted octanol–water partition coefficient (Wildman–Crippen LogP) is 4.32. The van der Waals surface area contributed by atoms with E-state index in [1.807, 2.05) is 12.3 Å². The first kappa shape index (κ1) is 14.1. The number of nitrogens with one attached hydrogen (secondary N) is 1. The summed E-state index contributed by atoms with van der Waals surface area (Å²) < 4.78 is 2.40. The van der Waals surface area contributed by atoms with Crippen molar-refractivity contribution in [2.45, 2.75) is 20.0 Å². The third-order valence-corrected chi connectivity index (χ3v) is 4.46. The van der Waals surface area contributed by atoms with Gasteiger partial charge >= 0.3 is 0 Å². The summed E-state index contributed by atoms with van der Waals surface area (Å²) in [5.41, 5.74) is 3.74. The zero-order chi connectivity index (χ0) is 15.6. The summed E-state index contributed by atoms with van der Waals surface area (Å²) in [6.45, 7) is 5.09. The van der Waals surface area contributed by atoms with Gasteiger partial charge in [-0.05, 0) is 17.5 Å². The van der Waals surface area contributed by atoms with E-state index in [0.29, 0.717) is 5.92 Å². The fourth-order valence-corrected chi connectivity index (χ4v) is 3.31. The average Bonchev–Trinajstić information content (AvgIpc) is 2.90. The van der Waals surface area contributed by atoms with Crippen molar-refractivity contribution >= 4 is 22.9 Å². The highest BCUT2D eigenvalue weighted by molar-refractivity contribution is 6.05. The number of aromatic nitrogens is 1. The molecule has 1 atom stereocenters. The highest BCUT2D eigenvalue weighted by Crippen LogP contribution is 2.32. The Hall–Kier alpha value is -2.55.